The third-order valence-electron chi connectivity index (χ3n) is 3.10. The highest BCUT2D eigenvalue weighted by Gasteiger charge is 2.06. The predicted molar refractivity (Wildman–Crippen MR) is 78.0 cm³/mol. The summed E-state index contributed by atoms with van der Waals surface area (Å²) in [7, 11) is 1.72. The second-order valence-corrected chi connectivity index (χ2v) is 4.55. The summed E-state index contributed by atoms with van der Waals surface area (Å²) in [6.45, 7) is 3.91. The van der Waals surface area contributed by atoms with Crippen LogP contribution in [0.1, 0.15) is 5.69 Å². The lowest BCUT2D eigenvalue weighted by Gasteiger charge is -2.20. The van der Waals surface area contributed by atoms with Gasteiger partial charge in [-0.3, -0.25) is 9.88 Å². The zero-order valence-corrected chi connectivity index (χ0v) is 11.4. The summed E-state index contributed by atoms with van der Waals surface area (Å²) in [5, 5.41) is 1.17. The molecule has 1 heterocycles. The van der Waals surface area contributed by atoms with Gasteiger partial charge in [-0.25, -0.2) is 0 Å². The highest BCUT2D eigenvalue weighted by Crippen LogP contribution is 2.12. The van der Waals surface area contributed by atoms with Crippen LogP contribution in [0, 0.1) is 0 Å². The number of nitrogens with zero attached hydrogens (tertiary/aromatic N) is 2. The average molecular weight is 259 g/mol. The summed E-state index contributed by atoms with van der Waals surface area (Å²) in [4.78, 5) is 6.95. The first kappa shape index (κ1) is 13.9. The highest BCUT2D eigenvalue weighted by atomic mass is 16.5. The van der Waals surface area contributed by atoms with Crippen LogP contribution in [0.5, 0.6) is 0 Å². The topological polar surface area (TPSA) is 51.4 Å². The van der Waals surface area contributed by atoms with Crippen LogP contribution in [0.15, 0.2) is 36.4 Å². The van der Waals surface area contributed by atoms with E-state index in [1.807, 2.05) is 18.2 Å². The molecular weight excluding hydrogens is 238 g/mol. The maximum atomic E-state index is 5.64. The number of pyridine rings is 1. The fraction of sp³-hybridized carbons (Fsp3) is 0.400. The zero-order chi connectivity index (χ0) is 13.5. The maximum absolute atomic E-state index is 5.64. The van der Waals surface area contributed by atoms with E-state index in [0.717, 1.165) is 30.8 Å². The largest absolute Gasteiger partial charge is 0.383 e. The molecule has 0 fully saturated rings. The van der Waals surface area contributed by atoms with Crippen LogP contribution < -0.4 is 5.73 Å². The standard InChI is InChI=1S/C15H21N3O/c1-19-11-10-18(9-8-16)12-14-7-6-13-4-2-3-5-15(13)17-14/h2-7H,8-12,16H2,1H3. The Labute approximate surface area is 114 Å². The molecule has 0 atom stereocenters. The van der Waals surface area contributed by atoms with Crippen molar-refractivity contribution in [1.29, 1.82) is 0 Å². The number of hydrogen-bond acceptors (Lipinski definition) is 4. The van der Waals surface area contributed by atoms with Crippen LogP contribution in [-0.2, 0) is 11.3 Å². The van der Waals surface area contributed by atoms with E-state index in [0.29, 0.717) is 13.2 Å². The third kappa shape index (κ3) is 3.99. The van der Waals surface area contributed by atoms with E-state index in [1.54, 1.807) is 7.11 Å². The van der Waals surface area contributed by atoms with Crippen molar-refractivity contribution in [2.45, 2.75) is 6.54 Å². The number of methoxy groups -OCH3 is 1. The van der Waals surface area contributed by atoms with Gasteiger partial charge in [-0.1, -0.05) is 24.3 Å². The van der Waals surface area contributed by atoms with Crippen LogP contribution in [0.3, 0.4) is 0 Å². The quantitative estimate of drug-likeness (QED) is 0.821. The molecule has 0 spiro atoms. The van der Waals surface area contributed by atoms with Gasteiger partial charge in [0.25, 0.3) is 0 Å². The molecule has 4 heteroatoms. The van der Waals surface area contributed by atoms with Gasteiger partial charge >= 0.3 is 0 Å². The third-order valence-corrected chi connectivity index (χ3v) is 3.10. The first-order valence-electron chi connectivity index (χ1n) is 6.59. The van der Waals surface area contributed by atoms with Crippen molar-refractivity contribution in [3.8, 4) is 0 Å². The van der Waals surface area contributed by atoms with Crippen LogP contribution in [0.4, 0.5) is 0 Å². The molecule has 0 saturated carbocycles. The molecular formula is C15H21N3O. The smallest absolute Gasteiger partial charge is 0.0705 e. The molecule has 0 amide bonds. The Balaban J connectivity index is 2.09. The minimum Gasteiger partial charge on any atom is -0.383 e. The van der Waals surface area contributed by atoms with Crippen LogP contribution in [0.2, 0.25) is 0 Å². The van der Waals surface area contributed by atoms with Crippen LogP contribution in [0.25, 0.3) is 10.9 Å². The van der Waals surface area contributed by atoms with E-state index in [1.165, 1.54) is 5.39 Å². The number of hydrogen-bond donors (Lipinski definition) is 1. The molecule has 2 aromatic rings. The Morgan fingerprint density at radius 1 is 1.16 bits per heavy atom. The minimum atomic E-state index is 0.650. The number of nitrogens with two attached hydrogens (primary N) is 1. The lowest BCUT2D eigenvalue weighted by Crippen LogP contribution is -2.32. The van der Waals surface area contributed by atoms with E-state index >= 15 is 0 Å². The Kier molecular flexibility index (Phi) is 5.27. The Morgan fingerprint density at radius 2 is 2.00 bits per heavy atom. The van der Waals surface area contributed by atoms with E-state index in [2.05, 4.69) is 28.1 Å². The van der Waals surface area contributed by atoms with E-state index in [-0.39, 0.29) is 0 Å². The van der Waals surface area contributed by atoms with Crippen molar-refractivity contribution in [2.24, 2.45) is 5.73 Å². The van der Waals surface area contributed by atoms with Gasteiger partial charge in [-0.05, 0) is 12.1 Å². The second-order valence-electron chi connectivity index (χ2n) is 4.55. The predicted octanol–water partition coefficient (Wildman–Crippen LogP) is 1.64. The molecule has 0 bridgehead atoms. The zero-order valence-electron chi connectivity index (χ0n) is 11.4. The van der Waals surface area contributed by atoms with Gasteiger partial charge in [0, 0.05) is 38.7 Å². The fourth-order valence-electron chi connectivity index (χ4n) is 2.10. The van der Waals surface area contributed by atoms with Crippen molar-refractivity contribution < 1.29 is 4.74 Å². The normalized spacial score (nSPS) is 11.3. The number of para-hydroxylation sites is 1. The van der Waals surface area contributed by atoms with Gasteiger partial charge in [-0.2, -0.15) is 0 Å². The van der Waals surface area contributed by atoms with Gasteiger partial charge in [-0.15, -0.1) is 0 Å². The van der Waals surface area contributed by atoms with Crippen molar-refractivity contribution in [1.82, 2.24) is 9.88 Å². The van der Waals surface area contributed by atoms with Crippen molar-refractivity contribution in [2.75, 3.05) is 33.4 Å². The molecule has 19 heavy (non-hydrogen) atoms. The second kappa shape index (κ2) is 7.19. The molecule has 2 N–H and O–H groups in total. The molecule has 0 aliphatic rings. The lowest BCUT2D eigenvalue weighted by molar-refractivity contribution is 0.145. The molecule has 0 aliphatic heterocycles. The van der Waals surface area contributed by atoms with E-state index in [4.69, 9.17) is 10.5 Å². The average Bonchev–Trinajstić information content (AvgIpc) is 2.45. The molecule has 0 unspecified atom stereocenters. The molecule has 0 radical (unpaired) electrons. The molecule has 1 aromatic heterocycles. The van der Waals surface area contributed by atoms with Gasteiger partial charge in [0.1, 0.15) is 0 Å². The molecule has 0 aliphatic carbocycles. The number of ether oxygens (including phenoxy) is 1. The summed E-state index contributed by atoms with van der Waals surface area (Å²) in [6.07, 6.45) is 0. The Morgan fingerprint density at radius 3 is 2.79 bits per heavy atom. The number of rotatable bonds is 7. The molecule has 1 aromatic carbocycles. The van der Waals surface area contributed by atoms with Gasteiger partial charge in [0.05, 0.1) is 17.8 Å². The van der Waals surface area contributed by atoms with Crippen molar-refractivity contribution in [3.63, 3.8) is 0 Å². The molecule has 2 rings (SSSR count). The van der Waals surface area contributed by atoms with Crippen LogP contribution in [-0.4, -0.2) is 43.2 Å². The number of aromatic nitrogens is 1. The van der Waals surface area contributed by atoms with Crippen molar-refractivity contribution >= 4 is 10.9 Å². The molecule has 0 saturated heterocycles. The van der Waals surface area contributed by atoms with Gasteiger partial charge < -0.3 is 10.5 Å². The first-order chi connectivity index (χ1) is 9.33. The summed E-state index contributed by atoms with van der Waals surface area (Å²) >= 11 is 0. The number of benzene rings is 1. The summed E-state index contributed by atoms with van der Waals surface area (Å²) in [5.74, 6) is 0. The maximum Gasteiger partial charge on any atom is 0.0705 e. The molecule has 102 valence electrons. The summed E-state index contributed by atoms with van der Waals surface area (Å²) in [6, 6.07) is 12.4. The fourth-order valence-corrected chi connectivity index (χ4v) is 2.10. The van der Waals surface area contributed by atoms with E-state index in [9.17, 15) is 0 Å². The van der Waals surface area contributed by atoms with Crippen LogP contribution >= 0.6 is 0 Å². The van der Waals surface area contributed by atoms with Gasteiger partial charge in [0.15, 0.2) is 0 Å². The Bertz CT molecular complexity index is 515. The molecule has 4 nitrogen and oxygen atoms in total. The minimum absolute atomic E-state index is 0.650. The lowest BCUT2D eigenvalue weighted by atomic mass is 10.2. The van der Waals surface area contributed by atoms with E-state index < -0.39 is 0 Å². The SMILES string of the molecule is COCCN(CCN)Cc1ccc2ccccc2n1. The monoisotopic (exact) mass is 259 g/mol. The number of fused-ring (bicyclic) bond motifs is 1. The summed E-state index contributed by atoms with van der Waals surface area (Å²) in [5.41, 5.74) is 7.76. The first-order valence-corrected chi connectivity index (χ1v) is 6.59. The highest BCUT2D eigenvalue weighted by molar-refractivity contribution is 5.78. The Hall–Kier alpha value is -1.49. The van der Waals surface area contributed by atoms with Crippen molar-refractivity contribution in [3.05, 3.63) is 42.1 Å². The van der Waals surface area contributed by atoms with Gasteiger partial charge in [0.2, 0.25) is 0 Å². The summed E-state index contributed by atoms with van der Waals surface area (Å²) < 4.78 is 5.12.